The first-order chi connectivity index (χ1) is 10.0. The maximum atomic E-state index is 6.35. The van der Waals surface area contributed by atoms with E-state index in [-0.39, 0.29) is 6.04 Å². The van der Waals surface area contributed by atoms with Gasteiger partial charge in [-0.05, 0) is 61.9 Å². The van der Waals surface area contributed by atoms with E-state index in [9.17, 15) is 0 Å². The molecule has 4 heteroatoms. The highest BCUT2D eigenvalue weighted by Gasteiger charge is 2.10. The zero-order valence-corrected chi connectivity index (χ0v) is 13.9. The summed E-state index contributed by atoms with van der Waals surface area (Å²) in [6.07, 6.45) is 0. The topological polar surface area (TPSA) is 21.3 Å². The molecule has 0 radical (unpaired) electrons. The van der Waals surface area contributed by atoms with Crippen LogP contribution in [0.1, 0.15) is 31.0 Å². The lowest BCUT2D eigenvalue weighted by Gasteiger charge is -2.16. The van der Waals surface area contributed by atoms with Crippen LogP contribution < -0.4 is 10.1 Å². The molecule has 0 amide bonds. The fourth-order valence-electron chi connectivity index (χ4n) is 2.19. The van der Waals surface area contributed by atoms with Gasteiger partial charge in [-0.3, -0.25) is 0 Å². The SMILES string of the molecule is CCNC(C)c1ccc(Oc2ccc(Cl)cc2C)cc1Cl. The number of aryl methyl sites for hydroxylation is 1. The van der Waals surface area contributed by atoms with Crippen LogP contribution in [0, 0.1) is 6.92 Å². The molecule has 112 valence electrons. The van der Waals surface area contributed by atoms with Crippen molar-refractivity contribution in [1.29, 1.82) is 0 Å². The normalized spacial score (nSPS) is 12.2. The van der Waals surface area contributed by atoms with Crippen molar-refractivity contribution >= 4 is 23.2 Å². The van der Waals surface area contributed by atoms with Gasteiger partial charge in [0, 0.05) is 16.1 Å². The second-order valence-electron chi connectivity index (χ2n) is 4.97. The highest BCUT2D eigenvalue weighted by Crippen LogP contribution is 2.31. The molecule has 21 heavy (non-hydrogen) atoms. The first-order valence-corrected chi connectivity index (χ1v) is 7.73. The molecule has 0 aliphatic rings. The van der Waals surface area contributed by atoms with Gasteiger partial charge in [0.15, 0.2) is 0 Å². The molecule has 0 aliphatic heterocycles. The molecule has 0 bridgehead atoms. The molecule has 0 aliphatic carbocycles. The van der Waals surface area contributed by atoms with Gasteiger partial charge in [-0.1, -0.05) is 36.2 Å². The van der Waals surface area contributed by atoms with Crippen molar-refractivity contribution in [3.63, 3.8) is 0 Å². The van der Waals surface area contributed by atoms with Crippen molar-refractivity contribution in [2.24, 2.45) is 0 Å². The molecule has 2 aromatic rings. The Bertz CT molecular complexity index is 628. The molecule has 1 atom stereocenters. The Balaban J connectivity index is 2.20. The Morgan fingerprint density at radius 2 is 1.90 bits per heavy atom. The number of rotatable bonds is 5. The molecular weight excluding hydrogens is 305 g/mol. The van der Waals surface area contributed by atoms with Gasteiger partial charge in [0.1, 0.15) is 11.5 Å². The van der Waals surface area contributed by atoms with Gasteiger partial charge in [0.25, 0.3) is 0 Å². The molecule has 0 saturated heterocycles. The summed E-state index contributed by atoms with van der Waals surface area (Å²) in [5.41, 5.74) is 2.06. The van der Waals surface area contributed by atoms with Crippen molar-refractivity contribution in [3.05, 3.63) is 57.6 Å². The highest BCUT2D eigenvalue weighted by molar-refractivity contribution is 6.31. The van der Waals surface area contributed by atoms with E-state index in [0.29, 0.717) is 10.0 Å². The van der Waals surface area contributed by atoms with E-state index in [1.807, 2.05) is 43.3 Å². The highest BCUT2D eigenvalue weighted by atomic mass is 35.5. The second kappa shape index (κ2) is 7.17. The van der Waals surface area contributed by atoms with Gasteiger partial charge in [-0.2, -0.15) is 0 Å². The minimum atomic E-state index is 0.216. The van der Waals surface area contributed by atoms with E-state index < -0.39 is 0 Å². The Morgan fingerprint density at radius 1 is 1.14 bits per heavy atom. The number of hydrogen-bond donors (Lipinski definition) is 1. The average Bonchev–Trinajstić information content (AvgIpc) is 2.42. The fraction of sp³-hybridized carbons (Fsp3) is 0.294. The first kappa shape index (κ1) is 16.2. The third-order valence-electron chi connectivity index (χ3n) is 3.31. The quantitative estimate of drug-likeness (QED) is 0.754. The van der Waals surface area contributed by atoms with E-state index in [0.717, 1.165) is 29.2 Å². The third kappa shape index (κ3) is 4.13. The number of nitrogens with one attached hydrogen (secondary N) is 1. The van der Waals surface area contributed by atoms with Crippen LogP contribution in [0.25, 0.3) is 0 Å². The van der Waals surface area contributed by atoms with Crippen LogP contribution >= 0.6 is 23.2 Å². The van der Waals surface area contributed by atoms with E-state index in [1.54, 1.807) is 0 Å². The van der Waals surface area contributed by atoms with Gasteiger partial charge < -0.3 is 10.1 Å². The molecule has 0 fully saturated rings. The number of ether oxygens (including phenoxy) is 1. The van der Waals surface area contributed by atoms with E-state index >= 15 is 0 Å². The van der Waals surface area contributed by atoms with Gasteiger partial charge in [0.05, 0.1) is 0 Å². The smallest absolute Gasteiger partial charge is 0.130 e. The molecule has 0 heterocycles. The zero-order valence-electron chi connectivity index (χ0n) is 12.4. The van der Waals surface area contributed by atoms with Crippen molar-refractivity contribution in [2.45, 2.75) is 26.8 Å². The third-order valence-corrected chi connectivity index (χ3v) is 3.88. The maximum Gasteiger partial charge on any atom is 0.130 e. The molecule has 1 N–H and O–H groups in total. The molecule has 2 nitrogen and oxygen atoms in total. The van der Waals surface area contributed by atoms with Crippen LogP contribution in [0.3, 0.4) is 0 Å². The Labute approximate surface area is 136 Å². The predicted molar refractivity (Wildman–Crippen MR) is 89.8 cm³/mol. The van der Waals surface area contributed by atoms with Crippen molar-refractivity contribution in [1.82, 2.24) is 5.32 Å². The Hall–Kier alpha value is -1.22. The van der Waals surface area contributed by atoms with Gasteiger partial charge in [-0.15, -0.1) is 0 Å². The van der Waals surface area contributed by atoms with Crippen molar-refractivity contribution in [3.8, 4) is 11.5 Å². The summed E-state index contributed by atoms with van der Waals surface area (Å²) in [6, 6.07) is 11.5. The lowest BCUT2D eigenvalue weighted by molar-refractivity contribution is 0.478. The Kier molecular flexibility index (Phi) is 5.51. The van der Waals surface area contributed by atoms with E-state index in [2.05, 4.69) is 19.2 Å². The van der Waals surface area contributed by atoms with Crippen LogP contribution in [-0.2, 0) is 0 Å². The Morgan fingerprint density at radius 3 is 2.52 bits per heavy atom. The van der Waals surface area contributed by atoms with Crippen LogP contribution in [0.4, 0.5) is 0 Å². The lowest BCUT2D eigenvalue weighted by atomic mass is 10.1. The number of halogens is 2. The minimum Gasteiger partial charge on any atom is -0.457 e. The summed E-state index contributed by atoms with van der Waals surface area (Å²) in [5.74, 6) is 1.50. The standard InChI is InChI=1S/C17H19Cl2NO/c1-4-20-12(3)15-7-6-14(10-16(15)19)21-17-8-5-13(18)9-11(17)2/h5-10,12,20H,4H2,1-3H3. The van der Waals surface area contributed by atoms with Gasteiger partial charge >= 0.3 is 0 Å². The van der Waals surface area contributed by atoms with Gasteiger partial charge in [0.2, 0.25) is 0 Å². The number of hydrogen-bond acceptors (Lipinski definition) is 2. The largest absolute Gasteiger partial charge is 0.457 e. The summed E-state index contributed by atoms with van der Waals surface area (Å²) in [7, 11) is 0. The van der Waals surface area contributed by atoms with Crippen molar-refractivity contribution < 1.29 is 4.74 Å². The molecular formula is C17H19Cl2NO. The second-order valence-corrected chi connectivity index (χ2v) is 5.82. The monoisotopic (exact) mass is 323 g/mol. The van der Waals surface area contributed by atoms with Crippen LogP contribution in [-0.4, -0.2) is 6.54 Å². The molecule has 2 rings (SSSR count). The summed E-state index contributed by atoms with van der Waals surface area (Å²) < 4.78 is 5.88. The number of benzene rings is 2. The molecule has 1 unspecified atom stereocenters. The van der Waals surface area contributed by atoms with E-state index in [4.69, 9.17) is 27.9 Å². The predicted octanol–water partition coefficient (Wildman–Crippen LogP) is 5.76. The molecule has 2 aromatic carbocycles. The summed E-state index contributed by atoms with van der Waals surface area (Å²) >= 11 is 12.3. The summed E-state index contributed by atoms with van der Waals surface area (Å²) in [4.78, 5) is 0. The van der Waals surface area contributed by atoms with E-state index in [1.165, 1.54) is 0 Å². The zero-order chi connectivity index (χ0) is 15.4. The van der Waals surface area contributed by atoms with Crippen LogP contribution in [0.2, 0.25) is 10.0 Å². The van der Waals surface area contributed by atoms with Crippen molar-refractivity contribution in [2.75, 3.05) is 6.54 Å². The molecule has 0 spiro atoms. The van der Waals surface area contributed by atoms with Crippen LogP contribution in [0.15, 0.2) is 36.4 Å². The lowest BCUT2D eigenvalue weighted by Crippen LogP contribution is -2.17. The minimum absolute atomic E-state index is 0.216. The molecule has 0 saturated carbocycles. The first-order valence-electron chi connectivity index (χ1n) is 6.98. The maximum absolute atomic E-state index is 6.35. The fourth-order valence-corrected chi connectivity index (χ4v) is 2.75. The molecule has 0 aromatic heterocycles. The van der Waals surface area contributed by atoms with Crippen LogP contribution in [0.5, 0.6) is 11.5 Å². The summed E-state index contributed by atoms with van der Waals surface area (Å²) in [5, 5.41) is 4.75. The average molecular weight is 324 g/mol. The summed E-state index contributed by atoms with van der Waals surface area (Å²) in [6.45, 7) is 7.03. The van der Waals surface area contributed by atoms with Gasteiger partial charge in [-0.25, -0.2) is 0 Å².